The van der Waals surface area contributed by atoms with Crippen molar-refractivity contribution in [3.8, 4) is 17.1 Å². The van der Waals surface area contributed by atoms with Crippen LogP contribution in [0.4, 0.5) is 15.2 Å². The van der Waals surface area contributed by atoms with Crippen molar-refractivity contribution in [2.24, 2.45) is 0 Å². The van der Waals surface area contributed by atoms with Crippen LogP contribution in [0.15, 0.2) is 59.1 Å². The number of para-hydroxylation sites is 1. The number of benzene rings is 2. The van der Waals surface area contributed by atoms with Crippen LogP contribution in [0.3, 0.4) is 0 Å². The van der Waals surface area contributed by atoms with Crippen molar-refractivity contribution in [3.63, 3.8) is 0 Å². The minimum Gasteiger partial charge on any atom is -0.497 e. The van der Waals surface area contributed by atoms with Crippen molar-refractivity contribution in [2.45, 2.75) is 17.8 Å². The van der Waals surface area contributed by atoms with Crippen LogP contribution in [0.25, 0.3) is 11.4 Å². The van der Waals surface area contributed by atoms with E-state index < -0.39 is 5.82 Å². The van der Waals surface area contributed by atoms with Crippen molar-refractivity contribution in [2.75, 3.05) is 12.0 Å². The highest BCUT2D eigenvalue weighted by molar-refractivity contribution is 7.98. The molecule has 0 aliphatic carbocycles. The number of hydrogen-bond acceptors (Lipinski definition) is 7. The molecule has 10 heteroatoms. The van der Waals surface area contributed by atoms with Gasteiger partial charge in [0, 0.05) is 23.6 Å². The van der Waals surface area contributed by atoms with Crippen LogP contribution in [0, 0.1) is 5.82 Å². The Morgan fingerprint density at radius 3 is 2.68 bits per heavy atom. The Labute approximate surface area is 186 Å². The number of thioether (sulfide) groups is 1. The summed E-state index contributed by atoms with van der Waals surface area (Å²) in [6.45, 7) is 1.39. The van der Waals surface area contributed by atoms with E-state index in [0.29, 0.717) is 21.9 Å². The molecule has 0 saturated heterocycles. The number of hydrogen-bond donors (Lipinski definition) is 1. The summed E-state index contributed by atoms with van der Waals surface area (Å²) < 4.78 is 19.4. The zero-order valence-corrected chi connectivity index (χ0v) is 18.3. The van der Waals surface area contributed by atoms with Gasteiger partial charge in [0.25, 0.3) is 0 Å². The van der Waals surface area contributed by atoms with E-state index in [1.165, 1.54) is 41.0 Å². The zero-order chi connectivity index (χ0) is 21.8. The Balaban J connectivity index is 1.45. The number of aromatic nitrogens is 4. The molecule has 2 aromatic heterocycles. The number of ether oxygens (including phenoxy) is 1. The normalized spacial score (nSPS) is 10.8. The number of nitrogens with zero attached hydrogens (tertiary/aromatic N) is 4. The Bertz CT molecular complexity index is 1190. The van der Waals surface area contributed by atoms with Crippen LogP contribution in [0.5, 0.6) is 5.75 Å². The van der Waals surface area contributed by atoms with Gasteiger partial charge in [-0.15, -0.1) is 16.4 Å². The Hall–Kier alpha value is -3.24. The standard InChI is InChI=1S/C21H18FN5O2S2/c1-13(28)27(18-6-4-3-5-17(18)22)21-23-15(12-31-21)11-30-20-24-19(25-26-20)14-7-9-16(29-2)10-8-14/h3-10,12H,11H2,1-2H3,(H,24,25,26). The molecular weight excluding hydrogens is 437 g/mol. The maximum atomic E-state index is 14.2. The first kappa shape index (κ1) is 21.0. The van der Waals surface area contributed by atoms with E-state index >= 15 is 0 Å². The first-order chi connectivity index (χ1) is 15.0. The summed E-state index contributed by atoms with van der Waals surface area (Å²) in [6.07, 6.45) is 0. The highest BCUT2D eigenvalue weighted by Gasteiger charge is 2.21. The predicted octanol–water partition coefficient (Wildman–Crippen LogP) is 5.05. The molecule has 0 bridgehead atoms. The van der Waals surface area contributed by atoms with Gasteiger partial charge in [0.1, 0.15) is 11.6 Å². The Morgan fingerprint density at radius 2 is 1.97 bits per heavy atom. The number of H-pyrrole nitrogens is 1. The van der Waals surface area contributed by atoms with Crippen LogP contribution in [0.2, 0.25) is 0 Å². The van der Waals surface area contributed by atoms with Gasteiger partial charge < -0.3 is 4.74 Å². The lowest BCUT2D eigenvalue weighted by molar-refractivity contribution is -0.115. The third-order valence-corrected chi connectivity index (χ3v) is 6.07. The second-order valence-electron chi connectivity index (χ2n) is 6.41. The molecule has 4 aromatic rings. The molecule has 158 valence electrons. The molecule has 2 aromatic carbocycles. The molecule has 0 saturated carbocycles. The Kier molecular flexibility index (Phi) is 6.28. The van der Waals surface area contributed by atoms with Gasteiger partial charge in [0.2, 0.25) is 11.1 Å². The smallest absolute Gasteiger partial charge is 0.230 e. The summed E-state index contributed by atoms with van der Waals surface area (Å²) in [5.41, 5.74) is 1.84. The Morgan fingerprint density at radius 1 is 1.19 bits per heavy atom. The number of aromatic amines is 1. The van der Waals surface area contributed by atoms with Crippen LogP contribution in [-0.4, -0.2) is 33.2 Å². The van der Waals surface area contributed by atoms with E-state index in [-0.39, 0.29) is 11.6 Å². The summed E-state index contributed by atoms with van der Waals surface area (Å²) in [6, 6.07) is 13.7. The SMILES string of the molecule is COc1ccc(-c2nc(SCc3csc(N(C(C)=O)c4ccccc4F)n3)n[nH]2)cc1. The van der Waals surface area contributed by atoms with Gasteiger partial charge in [-0.3, -0.25) is 14.8 Å². The molecule has 7 nitrogen and oxygen atoms in total. The van der Waals surface area contributed by atoms with E-state index in [1.807, 2.05) is 29.6 Å². The quantitative estimate of drug-likeness (QED) is 0.393. The number of anilines is 2. The molecule has 0 atom stereocenters. The van der Waals surface area contributed by atoms with Gasteiger partial charge in [-0.25, -0.2) is 14.4 Å². The van der Waals surface area contributed by atoms with Gasteiger partial charge in [-0.1, -0.05) is 23.9 Å². The summed E-state index contributed by atoms with van der Waals surface area (Å²) in [7, 11) is 1.62. The monoisotopic (exact) mass is 455 g/mol. The number of amides is 1. The minimum absolute atomic E-state index is 0.182. The molecule has 0 spiro atoms. The van der Waals surface area contributed by atoms with Crippen molar-refractivity contribution < 1.29 is 13.9 Å². The maximum Gasteiger partial charge on any atom is 0.230 e. The third-order valence-electron chi connectivity index (χ3n) is 4.32. The van der Waals surface area contributed by atoms with Gasteiger partial charge >= 0.3 is 0 Å². The van der Waals surface area contributed by atoms with Gasteiger partial charge in [-0.2, -0.15) is 0 Å². The molecule has 31 heavy (non-hydrogen) atoms. The lowest BCUT2D eigenvalue weighted by Gasteiger charge is -2.18. The summed E-state index contributed by atoms with van der Waals surface area (Å²) >= 11 is 2.70. The molecular formula is C21H18FN5O2S2. The fourth-order valence-corrected chi connectivity index (χ4v) is 4.51. The molecule has 1 amide bonds. The van der Waals surface area contributed by atoms with Gasteiger partial charge in [-0.05, 0) is 36.4 Å². The number of carbonyl (C=O) groups excluding carboxylic acids is 1. The van der Waals surface area contributed by atoms with E-state index in [4.69, 9.17) is 4.74 Å². The second kappa shape index (κ2) is 9.27. The highest BCUT2D eigenvalue weighted by atomic mass is 32.2. The number of thiazole rings is 1. The minimum atomic E-state index is -0.476. The number of rotatable bonds is 7. The third kappa shape index (κ3) is 4.75. The lowest BCUT2D eigenvalue weighted by atomic mass is 10.2. The van der Waals surface area contributed by atoms with Gasteiger partial charge in [0.05, 0.1) is 18.5 Å². The molecule has 0 aliphatic rings. The highest BCUT2D eigenvalue weighted by Crippen LogP contribution is 2.32. The van der Waals surface area contributed by atoms with E-state index in [0.717, 1.165) is 17.0 Å². The van der Waals surface area contributed by atoms with E-state index in [2.05, 4.69) is 20.2 Å². The average molecular weight is 456 g/mol. The predicted molar refractivity (Wildman–Crippen MR) is 119 cm³/mol. The van der Waals surface area contributed by atoms with Crippen LogP contribution in [0.1, 0.15) is 12.6 Å². The largest absolute Gasteiger partial charge is 0.497 e. The van der Waals surface area contributed by atoms with Crippen molar-refractivity contribution in [1.82, 2.24) is 20.2 Å². The first-order valence-corrected chi connectivity index (χ1v) is 11.1. The number of carbonyl (C=O) groups is 1. The van der Waals surface area contributed by atoms with Gasteiger partial charge in [0.15, 0.2) is 11.0 Å². The summed E-state index contributed by atoms with van der Waals surface area (Å²) in [4.78, 5) is 22.4. The van der Waals surface area contributed by atoms with E-state index in [9.17, 15) is 9.18 Å². The molecule has 0 radical (unpaired) electrons. The molecule has 1 N–H and O–H groups in total. The van der Waals surface area contributed by atoms with E-state index in [1.54, 1.807) is 25.3 Å². The van der Waals surface area contributed by atoms with Crippen molar-refractivity contribution in [1.29, 1.82) is 0 Å². The maximum absolute atomic E-state index is 14.2. The number of nitrogens with one attached hydrogen (secondary N) is 1. The summed E-state index contributed by atoms with van der Waals surface area (Å²) in [5.74, 6) is 1.16. The first-order valence-electron chi connectivity index (χ1n) is 9.24. The molecule has 0 aliphatic heterocycles. The second-order valence-corrected chi connectivity index (χ2v) is 8.19. The molecule has 0 fully saturated rings. The zero-order valence-electron chi connectivity index (χ0n) is 16.7. The molecule has 4 rings (SSSR count). The van der Waals surface area contributed by atoms with Crippen molar-refractivity contribution in [3.05, 3.63) is 65.4 Å². The van der Waals surface area contributed by atoms with Crippen LogP contribution in [-0.2, 0) is 10.5 Å². The lowest BCUT2D eigenvalue weighted by Crippen LogP contribution is -2.23. The number of methoxy groups -OCH3 is 1. The fourth-order valence-electron chi connectivity index (χ4n) is 2.83. The average Bonchev–Trinajstić information content (AvgIpc) is 3.43. The fraction of sp³-hybridized carbons (Fsp3) is 0.143. The molecule has 0 unspecified atom stereocenters. The summed E-state index contributed by atoms with van der Waals surface area (Å²) in [5, 5.41) is 10.0. The number of halogens is 1. The topological polar surface area (TPSA) is 84.0 Å². The van der Waals surface area contributed by atoms with Crippen LogP contribution < -0.4 is 9.64 Å². The van der Waals surface area contributed by atoms with Crippen LogP contribution >= 0.6 is 23.1 Å². The molecule has 2 heterocycles. The van der Waals surface area contributed by atoms with Crippen molar-refractivity contribution >= 4 is 39.8 Å².